The average molecular weight is 376 g/mol. The molecular weight excluding hydrogens is 363 g/mol. The number of ketones is 1. The smallest absolute Gasteiger partial charge is 0.277 e. The van der Waals surface area contributed by atoms with Crippen LogP contribution in [0.4, 0.5) is 10.1 Å². The minimum absolute atomic E-state index is 0.0851. The Labute approximate surface area is 158 Å². The molecule has 2 aromatic carbocycles. The summed E-state index contributed by atoms with van der Waals surface area (Å²) in [5.41, 5.74) is 0.157. The Bertz CT molecular complexity index is 1120. The third-order valence-electron chi connectivity index (χ3n) is 5.05. The zero-order valence-electron chi connectivity index (χ0n) is 14.4. The number of rotatable bonds is 3. The van der Waals surface area contributed by atoms with Gasteiger partial charge in [0.05, 0.1) is 6.26 Å². The van der Waals surface area contributed by atoms with E-state index in [4.69, 9.17) is 9.25 Å². The molecule has 2 aliphatic rings. The van der Waals surface area contributed by atoms with E-state index in [0.29, 0.717) is 16.8 Å². The van der Waals surface area contributed by atoms with Crippen LogP contribution >= 0.6 is 0 Å². The van der Waals surface area contributed by atoms with Gasteiger partial charge >= 0.3 is 0 Å². The first kappa shape index (κ1) is 16.4. The van der Waals surface area contributed by atoms with E-state index in [0.717, 1.165) is 0 Å². The SMILES string of the molecule is O=C(c1ccco1)[C@H]1C(c2ccc(F)cc2)=NO[C@@]12C(=O)Nc1ccccc12. The van der Waals surface area contributed by atoms with E-state index in [1.54, 1.807) is 30.3 Å². The fourth-order valence-corrected chi connectivity index (χ4v) is 3.76. The van der Waals surface area contributed by atoms with Gasteiger partial charge in [-0.25, -0.2) is 4.39 Å². The van der Waals surface area contributed by atoms with E-state index in [1.807, 2.05) is 0 Å². The number of halogens is 1. The summed E-state index contributed by atoms with van der Waals surface area (Å²) in [7, 11) is 0. The Hall–Kier alpha value is -3.74. The maximum Gasteiger partial charge on any atom is 0.277 e. The molecule has 2 aliphatic heterocycles. The van der Waals surface area contributed by atoms with Crippen LogP contribution in [-0.2, 0) is 15.2 Å². The molecule has 138 valence electrons. The number of hydrogen-bond acceptors (Lipinski definition) is 5. The van der Waals surface area contributed by atoms with Crippen LogP contribution < -0.4 is 5.32 Å². The van der Waals surface area contributed by atoms with E-state index >= 15 is 0 Å². The highest BCUT2D eigenvalue weighted by Gasteiger charge is 2.63. The van der Waals surface area contributed by atoms with Crippen LogP contribution in [0.3, 0.4) is 0 Å². The van der Waals surface area contributed by atoms with Gasteiger partial charge < -0.3 is 14.6 Å². The van der Waals surface area contributed by atoms with Crippen molar-refractivity contribution in [2.45, 2.75) is 5.60 Å². The third kappa shape index (κ3) is 2.16. The predicted molar refractivity (Wildman–Crippen MR) is 97.3 cm³/mol. The van der Waals surface area contributed by atoms with Gasteiger partial charge in [-0.05, 0) is 30.3 Å². The van der Waals surface area contributed by atoms with Crippen molar-refractivity contribution in [3.8, 4) is 0 Å². The fraction of sp³-hybridized carbons (Fsp3) is 0.0952. The molecule has 5 rings (SSSR count). The minimum atomic E-state index is -1.65. The quantitative estimate of drug-likeness (QED) is 0.710. The Balaban J connectivity index is 1.70. The van der Waals surface area contributed by atoms with E-state index < -0.39 is 29.0 Å². The Morgan fingerprint density at radius 3 is 2.61 bits per heavy atom. The van der Waals surface area contributed by atoms with Gasteiger partial charge in [0.25, 0.3) is 11.5 Å². The maximum atomic E-state index is 13.4. The number of nitrogens with one attached hydrogen (secondary N) is 1. The van der Waals surface area contributed by atoms with E-state index in [-0.39, 0.29) is 11.5 Å². The highest BCUT2D eigenvalue weighted by Crippen LogP contribution is 2.49. The molecule has 0 bridgehead atoms. The molecule has 1 spiro atoms. The molecule has 6 nitrogen and oxygen atoms in total. The van der Waals surface area contributed by atoms with Crippen molar-refractivity contribution in [2.75, 3.05) is 5.32 Å². The third-order valence-corrected chi connectivity index (χ3v) is 5.05. The van der Waals surface area contributed by atoms with Crippen LogP contribution in [0.1, 0.15) is 21.7 Å². The average Bonchev–Trinajstić information content (AvgIpc) is 3.42. The van der Waals surface area contributed by atoms with Crippen LogP contribution in [0.5, 0.6) is 0 Å². The maximum absolute atomic E-state index is 13.4. The lowest BCUT2D eigenvalue weighted by molar-refractivity contribution is -0.140. The molecule has 7 heteroatoms. The van der Waals surface area contributed by atoms with Gasteiger partial charge in [0, 0.05) is 16.8 Å². The van der Waals surface area contributed by atoms with Crippen LogP contribution in [0.2, 0.25) is 0 Å². The zero-order chi connectivity index (χ0) is 19.3. The molecule has 3 heterocycles. The van der Waals surface area contributed by atoms with Gasteiger partial charge in [0.15, 0.2) is 5.76 Å². The summed E-state index contributed by atoms with van der Waals surface area (Å²) in [6, 6.07) is 15.6. The van der Waals surface area contributed by atoms with Gasteiger partial charge in [-0.15, -0.1) is 0 Å². The molecule has 0 saturated heterocycles. The van der Waals surface area contributed by atoms with Crippen molar-refractivity contribution < 1.29 is 23.2 Å². The molecular formula is C21H13FN2O4. The molecule has 1 amide bonds. The second kappa shape index (κ2) is 5.88. The highest BCUT2D eigenvalue weighted by molar-refractivity contribution is 6.24. The first-order valence-corrected chi connectivity index (χ1v) is 8.62. The lowest BCUT2D eigenvalue weighted by atomic mass is 9.75. The molecule has 28 heavy (non-hydrogen) atoms. The van der Waals surface area contributed by atoms with Crippen molar-refractivity contribution in [1.82, 2.24) is 0 Å². The number of amides is 1. The normalized spacial score (nSPS) is 22.5. The lowest BCUT2D eigenvalue weighted by Gasteiger charge is -2.26. The predicted octanol–water partition coefficient (Wildman–Crippen LogP) is 3.50. The molecule has 0 aliphatic carbocycles. The highest BCUT2D eigenvalue weighted by atomic mass is 19.1. The minimum Gasteiger partial charge on any atom is -0.461 e. The number of benzene rings is 2. The van der Waals surface area contributed by atoms with Crippen molar-refractivity contribution in [3.05, 3.63) is 89.6 Å². The summed E-state index contributed by atoms with van der Waals surface area (Å²) in [5, 5.41) is 6.86. The van der Waals surface area contributed by atoms with E-state index in [1.165, 1.54) is 36.6 Å². The second-order valence-corrected chi connectivity index (χ2v) is 6.58. The number of para-hydroxylation sites is 1. The summed E-state index contributed by atoms with van der Waals surface area (Å²) < 4.78 is 18.7. The number of furan rings is 1. The van der Waals surface area contributed by atoms with E-state index in [9.17, 15) is 14.0 Å². The van der Waals surface area contributed by atoms with Crippen molar-refractivity contribution in [2.24, 2.45) is 11.1 Å². The van der Waals surface area contributed by atoms with Gasteiger partial charge in [-0.2, -0.15) is 0 Å². The first-order valence-electron chi connectivity index (χ1n) is 8.62. The Morgan fingerprint density at radius 2 is 1.86 bits per heavy atom. The molecule has 3 aromatic rings. The van der Waals surface area contributed by atoms with Gasteiger partial charge in [-0.1, -0.05) is 35.5 Å². The number of carbonyl (C=O) groups excluding carboxylic acids is 2. The topological polar surface area (TPSA) is 80.9 Å². The summed E-state index contributed by atoms with van der Waals surface area (Å²) in [5.74, 6) is -2.36. The second-order valence-electron chi connectivity index (χ2n) is 6.58. The molecule has 2 atom stereocenters. The van der Waals surface area contributed by atoms with E-state index in [2.05, 4.69) is 10.5 Å². The van der Waals surface area contributed by atoms with Crippen molar-refractivity contribution in [3.63, 3.8) is 0 Å². The monoisotopic (exact) mass is 376 g/mol. The number of oxime groups is 1. The van der Waals surface area contributed by atoms with Gasteiger partial charge in [0.1, 0.15) is 17.4 Å². The number of Topliss-reactive ketones (excluding diaryl/α,β-unsaturated/α-hetero) is 1. The van der Waals surface area contributed by atoms with Gasteiger partial charge in [0.2, 0.25) is 5.78 Å². The lowest BCUT2D eigenvalue weighted by Crippen LogP contribution is -2.46. The number of nitrogens with zero attached hydrogens (tertiary/aromatic N) is 1. The summed E-state index contributed by atoms with van der Waals surface area (Å²) in [6.45, 7) is 0. The van der Waals surface area contributed by atoms with Crippen LogP contribution in [0.25, 0.3) is 0 Å². The molecule has 0 radical (unpaired) electrons. The first-order chi connectivity index (χ1) is 13.6. The van der Waals surface area contributed by atoms with Crippen LogP contribution in [-0.4, -0.2) is 17.4 Å². The van der Waals surface area contributed by atoms with Crippen LogP contribution in [0, 0.1) is 11.7 Å². The number of hydrogen-bond donors (Lipinski definition) is 1. The fourth-order valence-electron chi connectivity index (χ4n) is 3.76. The number of anilines is 1. The van der Waals surface area contributed by atoms with Gasteiger partial charge in [-0.3, -0.25) is 9.59 Å². The molecule has 0 fully saturated rings. The number of fused-ring (bicyclic) bond motifs is 2. The summed E-state index contributed by atoms with van der Waals surface area (Å²) >= 11 is 0. The molecule has 1 aromatic heterocycles. The zero-order valence-corrected chi connectivity index (χ0v) is 14.4. The van der Waals surface area contributed by atoms with Crippen LogP contribution in [0.15, 0.2) is 76.5 Å². The van der Waals surface area contributed by atoms with Crippen molar-refractivity contribution >= 4 is 23.1 Å². The summed E-state index contributed by atoms with van der Waals surface area (Å²) in [4.78, 5) is 32.1. The Kier molecular flexibility index (Phi) is 3.45. The summed E-state index contributed by atoms with van der Waals surface area (Å²) in [6.07, 6.45) is 1.38. The standard InChI is InChI=1S/C21H13FN2O4/c22-13-9-7-12(8-10-13)18-17(19(25)16-6-3-11-27-16)21(28-24-18)14-4-1-2-5-15(14)23-20(21)26/h1-11,17H,(H,23,26)/t17-,21-/m1/s1. The molecule has 1 N–H and O–H groups in total. The molecule has 0 saturated carbocycles. The van der Waals surface area contributed by atoms with Crippen molar-refractivity contribution in [1.29, 1.82) is 0 Å². The number of carbonyl (C=O) groups is 2. The largest absolute Gasteiger partial charge is 0.461 e. The Morgan fingerprint density at radius 1 is 1.07 bits per heavy atom. The molecule has 0 unspecified atom stereocenters.